The first kappa shape index (κ1) is 10.6. The Morgan fingerprint density at radius 2 is 1.50 bits per heavy atom. The van der Waals surface area contributed by atoms with Gasteiger partial charge >= 0.3 is 51.4 Å². The van der Waals surface area contributed by atoms with Crippen LogP contribution in [0.4, 0.5) is 0 Å². The van der Waals surface area contributed by atoms with Gasteiger partial charge in [0.25, 0.3) is 0 Å². The molecule has 0 aromatic rings. The molecule has 0 amide bonds. The molecule has 0 atom stereocenters. The zero-order valence-electron chi connectivity index (χ0n) is 5.02. The van der Waals surface area contributed by atoms with E-state index in [0.717, 1.165) is 0 Å². The van der Waals surface area contributed by atoms with E-state index in [1.165, 1.54) is 0 Å². The Kier molecular flexibility index (Phi) is 11.6. The second kappa shape index (κ2) is 6.60. The van der Waals surface area contributed by atoms with Crippen molar-refractivity contribution >= 4 is 0 Å². The molecule has 0 heterocycles. The molecule has 0 bridgehead atoms. The Hall–Kier alpha value is 1.60. The summed E-state index contributed by atoms with van der Waals surface area (Å²) in [7, 11) is 4.00. The van der Waals surface area contributed by atoms with E-state index in [1.807, 2.05) is 32.5 Å². The monoisotopic (exact) mass is 111 g/mol. The summed E-state index contributed by atoms with van der Waals surface area (Å²) >= 11 is 0. The average molecular weight is 111 g/mol. The maximum atomic E-state index is 2.00. The molecule has 0 N–H and O–H groups in total. The van der Waals surface area contributed by atoms with Gasteiger partial charge < -0.3 is 4.90 Å². The summed E-state index contributed by atoms with van der Waals surface area (Å²) in [5, 5.41) is 0. The Balaban J connectivity index is 0. The Morgan fingerprint density at radius 3 is 1.50 bits per heavy atom. The smallest absolute Gasteiger partial charge is 0.462 e. The number of nitrogens with zero attached hydrogens (tertiary/aromatic N) is 1. The van der Waals surface area contributed by atoms with Crippen molar-refractivity contribution in [1.82, 2.24) is 4.90 Å². The first-order valence-electron chi connectivity index (χ1n) is 1.73. The van der Waals surface area contributed by atoms with Crippen molar-refractivity contribution in [3.63, 3.8) is 0 Å². The summed E-state index contributed by atoms with van der Waals surface area (Å²) in [4.78, 5) is 2.00. The van der Waals surface area contributed by atoms with Gasteiger partial charge in [-0.1, -0.05) is 0 Å². The summed E-state index contributed by atoms with van der Waals surface area (Å²) < 4.78 is 0. The number of hydrogen-bond acceptors (Lipinski definition) is 1. The van der Waals surface area contributed by atoms with Crippen LogP contribution in [-0.4, -0.2) is 19.0 Å². The first-order chi connectivity index (χ1) is 2.27. The number of hydrogen-bond donors (Lipinski definition) is 0. The van der Waals surface area contributed by atoms with Crippen LogP contribution in [-0.2, 0) is 0 Å². The normalized spacial score (nSPS) is 8.00. The molecule has 0 fully saturated rings. The fourth-order valence-electron chi connectivity index (χ4n) is 0. The van der Waals surface area contributed by atoms with E-state index in [1.54, 1.807) is 0 Å². The van der Waals surface area contributed by atoms with Crippen LogP contribution < -0.4 is 51.4 Å². The Morgan fingerprint density at radius 1 is 1.33 bits per heavy atom. The fraction of sp³-hybridized carbons (Fsp3) is 0.750. The molecule has 1 nitrogen and oxygen atoms in total. The minimum atomic E-state index is 0. The van der Waals surface area contributed by atoms with E-state index in [0.29, 0.717) is 0 Å². The van der Waals surface area contributed by atoms with Gasteiger partial charge in [-0.3, -0.25) is 6.54 Å². The van der Waals surface area contributed by atoms with Crippen molar-refractivity contribution in [1.29, 1.82) is 0 Å². The zero-order valence-corrected chi connectivity index (χ0v) is 8.15. The second-order valence-electron chi connectivity index (χ2n) is 1.22. The summed E-state index contributed by atoms with van der Waals surface area (Å²) in [5.41, 5.74) is 0. The quantitative estimate of drug-likeness (QED) is 0.272. The van der Waals surface area contributed by atoms with Crippen molar-refractivity contribution in [2.75, 3.05) is 14.1 Å². The van der Waals surface area contributed by atoms with Gasteiger partial charge in [0, 0.05) is 0 Å². The van der Waals surface area contributed by atoms with E-state index in [-0.39, 0.29) is 51.4 Å². The van der Waals surface area contributed by atoms with Crippen molar-refractivity contribution in [2.45, 2.75) is 6.92 Å². The van der Waals surface area contributed by atoms with Crippen LogP contribution in [0.2, 0.25) is 0 Å². The van der Waals surface area contributed by atoms with Crippen molar-refractivity contribution in [2.24, 2.45) is 0 Å². The van der Waals surface area contributed by atoms with Crippen LogP contribution in [0.1, 0.15) is 6.92 Å². The van der Waals surface area contributed by atoms with Gasteiger partial charge in [-0.25, -0.2) is 0 Å². The molecule has 0 aliphatic rings. The molecule has 0 aliphatic heterocycles. The molecule has 0 saturated carbocycles. The van der Waals surface area contributed by atoms with Crippen molar-refractivity contribution < 1.29 is 51.4 Å². The Labute approximate surface area is 82.5 Å². The van der Waals surface area contributed by atoms with Gasteiger partial charge in [-0.15, -0.1) is 0 Å². The maximum absolute atomic E-state index is 2.00. The predicted octanol–water partition coefficient (Wildman–Crippen LogP) is -2.27. The molecule has 0 aromatic heterocycles. The summed E-state index contributed by atoms with van der Waals surface area (Å²) in [6, 6.07) is 0. The molecular weight excluding hydrogens is 101 g/mol. The van der Waals surface area contributed by atoms with E-state index in [2.05, 4.69) is 0 Å². The van der Waals surface area contributed by atoms with E-state index >= 15 is 0 Å². The topological polar surface area (TPSA) is 3.24 Å². The van der Waals surface area contributed by atoms with Gasteiger partial charge in [-0.05, 0) is 14.1 Å². The zero-order chi connectivity index (χ0) is 4.28. The summed E-state index contributed by atoms with van der Waals surface area (Å²) in [5.74, 6) is 0. The van der Waals surface area contributed by atoms with Crippen LogP contribution in [0.25, 0.3) is 0 Å². The molecule has 0 aliphatic carbocycles. The average Bonchev–Trinajstić information content (AvgIpc) is 1.38. The van der Waals surface area contributed by atoms with Crippen LogP contribution in [0, 0.1) is 6.54 Å². The summed E-state index contributed by atoms with van der Waals surface area (Å²) in [6.07, 6.45) is 0. The maximum Gasteiger partial charge on any atom is 1.00 e. The van der Waals surface area contributed by atoms with Crippen LogP contribution in [0.15, 0.2) is 0 Å². The standard InChI is InChI=1S/C4H10N.K/c1-4-5(2)3;/h4H,1-3H3;/q-1;+1. The largest absolute Gasteiger partial charge is 1.00 e. The first-order valence-corrected chi connectivity index (χ1v) is 1.73. The van der Waals surface area contributed by atoms with Crippen LogP contribution in [0.3, 0.4) is 0 Å². The van der Waals surface area contributed by atoms with E-state index < -0.39 is 0 Å². The molecule has 6 heavy (non-hydrogen) atoms. The molecule has 2 heteroatoms. The van der Waals surface area contributed by atoms with E-state index in [4.69, 9.17) is 0 Å². The van der Waals surface area contributed by atoms with Gasteiger partial charge in [-0.2, -0.15) is 6.92 Å². The molecule has 0 spiro atoms. The number of rotatable bonds is 1. The third-order valence-corrected chi connectivity index (χ3v) is 0.516. The molecule has 0 aromatic carbocycles. The molecule has 32 valence electrons. The van der Waals surface area contributed by atoms with Gasteiger partial charge in [0.1, 0.15) is 0 Å². The third-order valence-electron chi connectivity index (χ3n) is 0.516. The van der Waals surface area contributed by atoms with Crippen molar-refractivity contribution in [3.05, 3.63) is 6.54 Å². The molecule has 0 unspecified atom stereocenters. The van der Waals surface area contributed by atoms with Gasteiger partial charge in [0.15, 0.2) is 0 Å². The van der Waals surface area contributed by atoms with E-state index in [9.17, 15) is 0 Å². The van der Waals surface area contributed by atoms with Crippen LogP contribution in [0.5, 0.6) is 0 Å². The Bertz CT molecular complexity index is 21.5. The molecule has 0 radical (unpaired) electrons. The molecule has 0 saturated heterocycles. The summed E-state index contributed by atoms with van der Waals surface area (Å²) in [6.45, 7) is 4.00. The SMILES string of the molecule is C[CH-]N(C)C.[K+]. The second-order valence-corrected chi connectivity index (χ2v) is 1.22. The fourth-order valence-corrected chi connectivity index (χ4v) is 0. The van der Waals surface area contributed by atoms with Crippen LogP contribution >= 0.6 is 0 Å². The van der Waals surface area contributed by atoms with Crippen molar-refractivity contribution in [3.8, 4) is 0 Å². The minimum Gasteiger partial charge on any atom is -0.462 e. The molecule has 0 rings (SSSR count). The predicted molar refractivity (Wildman–Crippen MR) is 23.7 cm³/mol. The molecular formula is C4H10KN. The third kappa shape index (κ3) is 9.14. The van der Waals surface area contributed by atoms with Gasteiger partial charge in [0.2, 0.25) is 0 Å². The minimum absolute atomic E-state index is 0. The van der Waals surface area contributed by atoms with Gasteiger partial charge in [0.05, 0.1) is 0 Å².